The van der Waals surface area contributed by atoms with Crippen LogP contribution in [0.15, 0.2) is 29.3 Å². The summed E-state index contributed by atoms with van der Waals surface area (Å²) in [6.07, 6.45) is 2.40. The van der Waals surface area contributed by atoms with Gasteiger partial charge in [-0.3, -0.25) is 9.89 Å². The van der Waals surface area contributed by atoms with E-state index in [1.165, 1.54) is 18.4 Å². The van der Waals surface area contributed by atoms with Crippen LogP contribution in [0.1, 0.15) is 31.4 Å². The third kappa shape index (κ3) is 8.13. The van der Waals surface area contributed by atoms with Crippen molar-refractivity contribution in [1.82, 2.24) is 20.4 Å². The van der Waals surface area contributed by atoms with Gasteiger partial charge >= 0.3 is 0 Å². The van der Waals surface area contributed by atoms with E-state index in [2.05, 4.69) is 53.6 Å². The summed E-state index contributed by atoms with van der Waals surface area (Å²) in [5.74, 6) is 1.37. The summed E-state index contributed by atoms with van der Waals surface area (Å²) >= 11 is 6.26. The summed E-state index contributed by atoms with van der Waals surface area (Å²) in [6, 6.07) is 8.64. The first-order chi connectivity index (χ1) is 14.0. The zero-order valence-electron chi connectivity index (χ0n) is 18.5. The number of ether oxygens (including phenoxy) is 1. The third-order valence-corrected chi connectivity index (χ3v) is 5.72. The van der Waals surface area contributed by atoms with Crippen LogP contribution in [0, 0.1) is 5.92 Å². The first-order valence-corrected chi connectivity index (χ1v) is 11.1. The maximum Gasteiger partial charge on any atom is 0.191 e. The quantitative estimate of drug-likeness (QED) is 0.447. The number of methoxy groups -OCH3 is 1. The van der Waals surface area contributed by atoms with Crippen LogP contribution in [0.4, 0.5) is 0 Å². The smallest absolute Gasteiger partial charge is 0.191 e. The monoisotopic (exact) mass is 423 g/mol. The van der Waals surface area contributed by atoms with E-state index >= 15 is 0 Å². The normalized spacial score (nSPS) is 20.8. The second-order valence-electron chi connectivity index (χ2n) is 7.83. The molecule has 0 spiro atoms. The molecule has 0 bridgehead atoms. The van der Waals surface area contributed by atoms with Crippen LogP contribution >= 0.6 is 11.6 Å². The lowest BCUT2D eigenvalue weighted by atomic mass is 9.85. The molecule has 164 valence electrons. The molecule has 0 aliphatic carbocycles. The van der Waals surface area contributed by atoms with E-state index in [0.29, 0.717) is 12.0 Å². The molecule has 0 radical (unpaired) electrons. The molecule has 1 aromatic rings. The van der Waals surface area contributed by atoms with Gasteiger partial charge in [0.15, 0.2) is 5.96 Å². The number of nitrogens with one attached hydrogen (secondary N) is 2. The van der Waals surface area contributed by atoms with E-state index in [0.717, 1.165) is 56.9 Å². The van der Waals surface area contributed by atoms with Gasteiger partial charge in [0.1, 0.15) is 0 Å². The fourth-order valence-corrected chi connectivity index (χ4v) is 4.14. The van der Waals surface area contributed by atoms with Crippen LogP contribution in [-0.4, -0.2) is 82.8 Å². The molecule has 0 amide bonds. The largest absolute Gasteiger partial charge is 0.383 e. The van der Waals surface area contributed by atoms with Crippen molar-refractivity contribution in [3.05, 3.63) is 34.9 Å². The second-order valence-corrected chi connectivity index (χ2v) is 8.26. The Morgan fingerprint density at radius 1 is 1.34 bits per heavy atom. The molecule has 2 rings (SSSR count). The molecule has 0 saturated carbocycles. The fourth-order valence-electron chi connectivity index (χ4n) is 3.94. The van der Waals surface area contributed by atoms with E-state index in [4.69, 9.17) is 21.3 Å². The fraction of sp³-hybridized carbons (Fsp3) is 0.682. The number of likely N-dealkylation sites (N-methyl/N-ethyl adjacent to an activating group) is 1. The minimum absolute atomic E-state index is 0.356. The van der Waals surface area contributed by atoms with Crippen molar-refractivity contribution in [1.29, 1.82) is 0 Å². The van der Waals surface area contributed by atoms with Crippen LogP contribution in [0.5, 0.6) is 0 Å². The molecule has 29 heavy (non-hydrogen) atoms. The average molecular weight is 424 g/mol. The number of nitrogens with zero attached hydrogens (tertiary/aromatic N) is 3. The van der Waals surface area contributed by atoms with E-state index < -0.39 is 0 Å². The summed E-state index contributed by atoms with van der Waals surface area (Å²) in [7, 11) is 6.06. The van der Waals surface area contributed by atoms with E-state index in [1.807, 2.05) is 12.1 Å². The van der Waals surface area contributed by atoms with Gasteiger partial charge < -0.3 is 20.3 Å². The van der Waals surface area contributed by atoms with Crippen molar-refractivity contribution in [2.75, 3.05) is 67.1 Å². The van der Waals surface area contributed by atoms with Gasteiger partial charge in [0.05, 0.1) is 6.61 Å². The summed E-state index contributed by atoms with van der Waals surface area (Å²) in [4.78, 5) is 9.62. The Hall–Kier alpha value is -1.34. The van der Waals surface area contributed by atoms with Crippen LogP contribution in [0.25, 0.3) is 0 Å². The minimum atomic E-state index is 0.356. The minimum Gasteiger partial charge on any atom is -0.383 e. The zero-order valence-corrected chi connectivity index (χ0v) is 19.2. The van der Waals surface area contributed by atoms with Crippen molar-refractivity contribution >= 4 is 17.6 Å². The van der Waals surface area contributed by atoms with Crippen molar-refractivity contribution in [3.8, 4) is 0 Å². The summed E-state index contributed by atoms with van der Waals surface area (Å²) in [5.41, 5.74) is 1.29. The highest BCUT2D eigenvalue weighted by atomic mass is 35.5. The van der Waals surface area contributed by atoms with Crippen molar-refractivity contribution < 1.29 is 4.74 Å². The maximum absolute atomic E-state index is 6.26. The maximum atomic E-state index is 6.26. The Labute approximate surface area is 181 Å². The number of piperidine rings is 1. The predicted octanol–water partition coefficient (Wildman–Crippen LogP) is 2.86. The van der Waals surface area contributed by atoms with Gasteiger partial charge in [0, 0.05) is 50.9 Å². The highest BCUT2D eigenvalue weighted by Gasteiger charge is 2.30. The van der Waals surface area contributed by atoms with Crippen molar-refractivity contribution in [3.63, 3.8) is 0 Å². The summed E-state index contributed by atoms with van der Waals surface area (Å²) in [6.45, 7) is 8.37. The van der Waals surface area contributed by atoms with E-state index in [-0.39, 0.29) is 0 Å². The average Bonchev–Trinajstić information content (AvgIpc) is 2.70. The predicted molar refractivity (Wildman–Crippen MR) is 123 cm³/mol. The SMILES string of the molecule is CCNC(=NCC1CCCN(C)C1c1cccc(Cl)c1)NCCN(C)CCOC. The third-order valence-electron chi connectivity index (χ3n) is 5.49. The molecule has 0 aromatic heterocycles. The molecule has 2 N–H and O–H groups in total. The molecule has 1 heterocycles. The molecule has 2 atom stereocenters. The van der Waals surface area contributed by atoms with Crippen LogP contribution in [-0.2, 0) is 4.74 Å². The molecule has 1 aromatic carbocycles. The lowest BCUT2D eigenvalue weighted by Gasteiger charge is -2.39. The number of halogens is 1. The van der Waals surface area contributed by atoms with Gasteiger partial charge in [-0.05, 0) is 64.0 Å². The van der Waals surface area contributed by atoms with Gasteiger partial charge in [-0.15, -0.1) is 0 Å². The Bertz CT molecular complexity index is 627. The van der Waals surface area contributed by atoms with Crippen LogP contribution in [0.2, 0.25) is 5.02 Å². The highest BCUT2D eigenvalue weighted by Crippen LogP contribution is 2.36. The Balaban J connectivity index is 1.97. The van der Waals surface area contributed by atoms with E-state index in [9.17, 15) is 0 Å². The second kappa shape index (κ2) is 13.1. The van der Waals surface area contributed by atoms with Gasteiger partial charge in [-0.2, -0.15) is 0 Å². The molecule has 1 aliphatic rings. The Kier molecular flexibility index (Phi) is 10.8. The molecule has 1 fully saturated rings. The highest BCUT2D eigenvalue weighted by molar-refractivity contribution is 6.30. The van der Waals surface area contributed by atoms with Crippen LogP contribution < -0.4 is 10.6 Å². The van der Waals surface area contributed by atoms with Crippen molar-refractivity contribution in [2.24, 2.45) is 10.9 Å². The molecule has 2 unspecified atom stereocenters. The first kappa shape index (κ1) is 23.9. The van der Waals surface area contributed by atoms with Gasteiger partial charge in [0.2, 0.25) is 0 Å². The lowest BCUT2D eigenvalue weighted by Crippen LogP contribution is -2.42. The lowest BCUT2D eigenvalue weighted by molar-refractivity contribution is 0.125. The summed E-state index contributed by atoms with van der Waals surface area (Å²) < 4.78 is 5.14. The molecule has 7 heteroatoms. The molecular weight excluding hydrogens is 386 g/mol. The molecule has 1 saturated heterocycles. The number of aliphatic imine (C=N–C) groups is 1. The number of hydrogen-bond donors (Lipinski definition) is 2. The summed E-state index contributed by atoms with van der Waals surface area (Å²) in [5, 5.41) is 7.64. The Morgan fingerprint density at radius 2 is 2.17 bits per heavy atom. The van der Waals surface area contributed by atoms with Gasteiger partial charge in [-0.1, -0.05) is 23.7 Å². The van der Waals surface area contributed by atoms with Crippen molar-refractivity contribution in [2.45, 2.75) is 25.8 Å². The number of benzene rings is 1. The number of rotatable bonds is 10. The standard InChI is InChI=1S/C22H38ClN5O/c1-5-24-22(25-11-13-27(2)14-15-29-4)26-17-19-9-7-12-28(3)21(19)18-8-6-10-20(23)16-18/h6,8,10,16,19,21H,5,7,9,11-15,17H2,1-4H3,(H2,24,25,26). The van der Waals surface area contributed by atoms with Crippen LogP contribution in [0.3, 0.4) is 0 Å². The Morgan fingerprint density at radius 3 is 2.90 bits per heavy atom. The number of hydrogen-bond acceptors (Lipinski definition) is 4. The molecule has 6 nitrogen and oxygen atoms in total. The van der Waals surface area contributed by atoms with Gasteiger partial charge in [0.25, 0.3) is 0 Å². The topological polar surface area (TPSA) is 52.1 Å². The first-order valence-electron chi connectivity index (χ1n) is 10.7. The molecule has 1 aliphatic heterocycles. The van der Waals surface area contributed by atoms with Gasteiger partial charge in [-0.25, -0.2) is 0 Å². The molecular formula is C22H38ClN5O. The number of guanidine groups is 1. The van der Waals surface area contributed by atoms with E-state index in [1.54, 1.807) is 7.11 Å². The zero-order chi connectivity index (χ0) is 21.1. The number of likely N-dealkylation sites (tertiary alicyclic amines) is 1.